The number of fused-ring (bicyclic) bond motifs is 1. The molecule has 0 fully saturated rings. The summed E-state index contributed by atoms with van der Waals surface area (Å²) in [5.74, 6) is 0.908. The molecule has 1 heterocycles. The molecule has 3 rings (SSSR count). The number of aromatic nitrogens is 2. The average Bonchev–Trinajstić information content (AvgIpc) is 2.74. The summed E-state index contributed by atoms with van der Waals surface area (Å²) in [6.45, 7) is 0. The van der Waals surface area contributed by atoms with Crippen molar-refractivity contribution in [1.29, 1.82) is 0 Å². The van der Waals surface area contributed by atoms with Crippen molar-refractivity contribution in [1.82, 2.24) is 9.97 Å². The number of rotatable bonds is 1. The number of nitrogens with one attached hydrogen (secondary N) is 1. The van der Waals surface area contributed by atoms with E-state index in [0.717, 1.165) is 11.1 Å². The van der Waals surface area contributed by atoms with Crippen LogP contribution in [0.1, 0.15) is 0 Å². The molecule has 22 heavy (non-hydrogen) atoms. The van der Waals surface area contributed by atoms with Crippen molar-refractivity contribution in [3.8, 4) is 17.1 Å². The van der Waals surface area contributed by atoms with E-state index in [2.05, 4.69) is 9.97 Å². The number of nitrogens with zero attached hydrogens (tertiary/aromatic N) is 1. The predicted octanol–water partition coefficient (Wildman–Crippen LogP) is 6.71. The Morgan fingerprint density at radius 2 is 1.50 bits per heavy atom. The van der Waals surface area contributed by atoms with Crippen molar-refractivity contribution in [2.45, 2.75) is 0 Å². The Kier molecular flexibility index (Phi) is 12.7. The molecule has 0 saturated carbocycles. The van der Waals surface area contributed by atoms with E-state index in [1.165, 1.54) is 0 Å². The van der Waals surface area contributed by atoms with E-state index in [1.54, 1.807) is 36.4 Å². The SMILES string of the molecule is I.I.I.I.Oc1ccc(-c2nc3c(Cl)cc(Cl)cc3[nH]2)cc1. The quantitative estimate of drug-likeness (QED) is 0.270. The van der Waals surface area contributed by atoms with E-state index < -0.39 is 0 Å². The molecule has 0 aliphatic rings. The molecule has 0 radical (unpaired) electrons. The second-order valence-corrected chi connectivity index (χ2v) is 4.76. The smallest absolute Gasteiger partial charge is 0.138 e. The molecule has 0 atom stereocenters. The molecule has 1 aromatic heterocycles. The van der Waals surface area contributed by atoms with Crippen molar-refractivity contribution in [2.24, 2.45) is 0 Å². The molecule has 0 aliphatic heterocycles. The van der Waals surface area contributed by atoms with Gasteiger partial charge in [0.15, 0.2) is 0 Å². The van der Waals surface area contributed by atoms with Gasteiger partial charge in [-0.2, -0.15) is 0 Å². The van der Waals surface area contributed by atoms with Crippen LogP contribution in [0.2, 0.25) is 10.0 Å². The largest absolute Gasteiger partial charge is 0.508 e. The Morgan fingerprint density at radius 3 is 2.09 bits per heavy atom. The van der Waals surface area contributed by atoms with Gasteiger partial charge >= 0.3 is 0 Å². The van der Waals surface area contributed by atoms with E-state index >= 15 is 0 Å². The lowest BCUT2D eigenvalue weighted by Crippen LogP contribution is -1.78. The van der Waals surface area contributed by atoms with Gasteiger partial charge in [-0.3, -0.25) is 0 Å². The summed E-state index contributed by atoms with van der Waals surface area (Å²) < 4.78 is 0. The first kappa shape index (κ1) is 25.5. The number of phenols is 1. The summed E-state index contributed by atoms with van der Waals surface area (Å²) in [4.78, 5) is 7.58. The first-order chi connectivity index (χ1) is 8.63. The molecule has 0 aliphatic carbocycles. The van der Waals surface area contributed by atoms with Crippen molar-refractivity contribution < 1.29 is 5.11 Å². The van der Waals surface area contributed by atoms with Crippen LogP contribution in [0.5, 0.6) is 5.75 Å². The highest BCUT2D eigenvalue weighted by molar-refractivity contribution is 14.0. The fraction of sp³-hybridized carbons (Fsp3) is 0. The van der Waals surface area contributed by atoms with Gasteiger partial charge in [0.1, 0.15) is 17.1 Å². The lowest BCUT2D eigenvalue weighted by molar-refractivity contribution is 0.475. The van der Waals surface area contributed by atoms with E-state index in [9.17, 15) is 5.11 Å². The molecule has 0 unspecified atom stereocenters. The molecular weight excluding hydrogens is 779 g/mol. The third-order valence-corrected chi connectivity index (χ3v) is 3.15. The maximum absolute atomic E-state index is 9.25. The van der Waals surface area contributed by atoms with Gasteiger partial charge in [-0.15, -0.1) is 95.9 Å². The van der Waals surface area contributed by atoms with Crippen LogP contribution >= 0.6 is 119 Å². The number of aromatic hydroxyl groups is 1. The monoisotopic (exact) mass is 790 g/mol. The topological polar surface area (TPSA) is 48.9 Å². The Morgan fingerprint density at radius 1 is 0.909 bits per heavy atom. The number of aromatic amines is 1. The summed E-state index contributed by atoms with van der Waals surface area (Å²) in [7, 11) is 0. The van der Waals surface area contributed by atoms with Crippen molar-refractivity contribution in [2.75, 3.05) is 0 Å². The van der Waals surface area contributed by atoms with Crippen LogP contribution in [0.3, 0.4) is 0 Å². The zero-order valence-electron chi connectivity index (χ0n) is 10.7. The number of hydrogen-bond acceptors (Lipinski definition) is 2. The fourth-order valence-electron chi connectivity index (χ4n) is 1.80. The van der Waals surface area contributed by atoms with E-state index in [-0.39, 0.29) is 102 Å². The van der Waals surface area contributed by atoms with Gasteiger partial charge < -0.3 is 10.1 Å². The van der Waals surface area contributed by atoms with Crippen molar-refractivity contribution >= 4 is 130 Å². The lowest BCUT2D eigenvalue weighted by Gasteiger charge is -1.95. The number of halogens is 6. The summed E-state index contributed by atoms with van der Waals surface area (Å²) in [6, 6.07) is 10.2. The first-order valence-electron chi connectivity index (χ1n) is 5.27. The first-order valence-corrected chi connectivity index (χ1v) is 6.03. The molecule has 0 saturated heterocycles. The van der Waals surface area contributed by atoms with E-state index in [0.29, 0.717) is 21.4 Å². The fourth-order valence-corrected chi connectivity index (χ4v) is 2.33. The molecule has 9 heteroatoms. The highest BCUT2D eigenvalue weighted by atomic mass is 127. The predicted molar refractivity (Wildman–Crippen MR) is 135 cm³/mol. The average molecular weight is 791 g/mol. The zero-order valence-corrected chi connectivity index (χ0v) is 21.6. The zero-order chi connectivity index (χ0) is 12.7. The van der Waals surface area contributed by atoms with Gasteiger partial charge in [0.25, 0.3) is 0 Å². The number of phenolic OH excluding ortho intramolecular Hbond substituents is 1. The second kappa shape index (κ2) is 10.9. The van der Waals surface area contributed by atoms with Crippen LogP contribution in [-0.2, 0) is 0 Å². The highest BCUT2D eigenvalue weighted by Gasteiger charge is 2.09. The van der Waals surface area contributed by atoms with Crippen LogP contribution in [0.25, 0.3) is 22.4 Å². The normalized spacial score (nSPS) is 9.00. The van der Waals surface area contributed by atoms with E-state index in [4.69, 9.17) is 23.2 Å². The number of imidazole rings is 1. The summed E-state index contributed by atoms with van der Waals surface area (Å²) >= 11 is 12.0. The van der Waals surface area contributed by atoms with Gasteiger partial charge in [0, 0.05) is 10.6 Å². The molecule has 3 nitrogen and oxygen atoms in total. The maximum atomic E-state index is 9.25. The Hall–Kier alpha value is 1.21. The Balaban J connectivity index is 0. The molecule has 0 bridgehead atoms. The molecule has 0 spiro atoms. The molecule has 2 aromatic carbocycles. The minimum atomic E-state index is 0. The van der Waals surface area contributed by atoms with Crippen LogP contribution in [-0.4, -0.2) is 15.1 Å². The van der Waals surface area contributed by atoms with Gasteiger partial charge in [0.2, 0.25) is 0 Å². The van der Waals surface area contributed by atoms with Gasteiger partial charge in [0.05, 0.1) is 10.5 Å². The lowest BCUT2D eigenvalue weighted by atomic mass is 10.2. The summed E-state index contributed by atoms with van der Waals surface area (Å²) in [5.41, 5.74) is 2.34. The standard InChI is InChI=1S/C13H8Cl2N2O.4HI/c14-8-5-10(15)12-11(6-8)16-13(17-12)7-1-3-9(18)4-2-7;;;;/h1-6,18H,(H,16,17);4*1H. The maximum Gasteiger partial charge on any atom is 0.138 e. The molecule has 122 valence electrons. The van der Waals surface area contributed by atoms with E-state index in [1.807, 2.05) is 0 Å². The molecule has 2 N–H and O–H groups in total. The van der Waals surface area contributed by atoms with Crippen LogP contribution in [0.4, 0.5) is 0 Å². The third-order valence-electron chi connectivity index (χ3n) is 2.65. The van der Waals surface area contributed by atoms with Gasteiger partial charge in [-0.1, -0.05) is 23.2 Å². The summed E-state index contributed by atoms with van der Waals surface area (Å²) in [6.07, 6.45) is 0. The van der Waals surface area contributed by atoms with Gasteiger partial charge in [-0.25, -0.2) is 4.98 Å². The minimum absolute atomic E-state index is 0. The molecule has 0 amide bonds. The number of hydrogen-bond donors (Lipinski definition) is 2. The number of H-pyrrole nitrogens is 1. The minimum Gasteiger partial charge on any atom is -0.508 e. The van der Waals surface area contributed by atoms with Crippen molar-refractivity contribution in [3.63, 3.8) is 0 Å². The van der Waals surface area contributed by atoms with Crippen LogP contribution in [0.15, 0.2) is 36.4 Å². The van der Waals surface area contributed by atoms with Crippen molar-refractivity contribution in [3.05, 3.63) is 46.4 Å². The van der Waals surface area contributed by atoms with Crippen LogP contribution in [0, 0.1) is 0 Å². The highest BCUT2D eigenvalue weighted by Crippen LogP contribution is 2.29. The molecular formula is C13H12Cl2I4N2O. The summed E-state index contributed by atoms with van der Waals surface area (Å²) in [5, 5.41) is 10.3. The Bertz CT molecular complexity index is 735. The van der Waals surface area contributed by atoms with Crippen LogP contribution < -0.4 is 0 Å². The van der Waals surface area contributed by atoms with Gasteiger partial charge in [-0.05, 0) is 36.4 Å². The third kappa shape index (κ3) is 5.63. The Labute approximate surface area is 206 Å². The molecule has 3 aromatic rings. The number of benzene rings is 2. The second-order valence-electron chi connectivity index (χ2n) is 3.92.